The van der Waals surface area contributed by atoms with Crippen LogP contribution < -0.4 is 10.1 Å². The highest BCUT2D eigenvalue weighted by Gasteiger charge is 2.02. The number of aliphatic hydroxyl groups is 1. The third-order valence-corrected chi connectivity index (χ3v) is 2.35. The minimum atomic E-state index is -0.348. The second kappa shape index (κ2) is 6.38. The number of ether oxygens (including phenoxy) is 1. The van der Waals surface area contributed by atoms with E-state index in [1.165, 1.54) is 0 Å². The van der Waals surface area contributed by atoms with E-state index >= 15 is 0 Å². The number of hydrogen-bond acceptors (Lipinski definition) is 3. The summed E-state index contributed by atoms with van der Waals surface area (Å²) in [5.41, 5.74) is 0.974. The van der Waals surface area contributed by atoms with Gasteiger partial charge < -0.3 is 15.2 Å². The molecule has 1 aromatic rings. The minimum Gasteiger partial charge on any atom is -0.491 e. The van der Waals surface area contributed by atoms with Crippen molar-refractivity contribution in [2.45, 2.75) is 39.4 Å². The summed E-state index contributed by atoms with van der Waals surface area (Å²) in [4.78, 5) is 0. The average Bonchev–Trinajstić information content (AvgIpc) is 2.26. The lowest BCUT2D eigenvalue weighted by Crippen LogP contribution is -2.15. The topological polar surface area (TPSA) is 41.5 Å². The summed E-state index contributed by atoms with van der Waals surface area (Å²) in [6.45, 7) is 6.45. The Morgan fingerprint density at radius 2 is 2.12 bits per heavy atom. The van der Waals surface area contributed by atoms with Crippen LogP contribution >= 0.6 is 0 Å². The fourth-order valence-corrected chi connectivity index (χ4v) is 1.26. The Morgan fingerprint density at radius 3 is 2.75 bits per heavy atom. The average molecular weight is 223 g/mol. The standard InChI is InChI=1S/C13H21NO2/c1-4-11(3)16-13-7-5-6-12(8-13)14-9-10(2)15/h5-8,10-11,14-15H,4,9H2,1-3H3. The van der Waals surface area contributed by atoms with Gasteiger partial charge in [-0.15, -0.1) is 0 Å². The quantitative estimate of drug-likeness (QED) is 0.779. The molecule has 0 fully saturated rings. The van der Waals surface area contributed by atoms with Crippen molar-refractivity contribution in [2.75, 3.05) is 11.9 Å². The van der Waals surface area contributed by atoms with Gasteiger partial charge in [0, 0.05) is 18.3 Å². The van der Waals surface area contributed by atoms with E-state index in [2.05, 4.69) is 19.2 Å². The molecule has 16 heavy (non-hydrogen) atoms. The zero-order valence-electron chi connectivity index (χ0n) is 10.2. The second-order valence-corrected chi connectivity index (χ2v) is 4.09. The van der Waals surface area contributed by atoms with Crippen molar-refractivity contribution in [2.24, 2.45) is 0 Å². The van der Waals surface area contributed by atoms with Crippen LogP contribution in [0.2, 0.25) is 0 Å². The van der Waals surface area contributed by atoms with Crippen LogP contribution in [0.4, 0.5) is 5.69 Å². The fourth-order valence-electron chi connectivity index (χ4n) is 1.26. The molecule has 0 spiro atoms. The molecule has 2 atom stereocenters. The van der Waals surface area contributed by atoms with Crippen LogP contribution in [0.15, 0.2) is 24.3 Å². The van der Waals surface area contributed by atoms with Gasteiger partial charge in [0.05, 0.1) is 12.2 Å². The molecule has 0 aliphatic carbocycles. The van der Waals surface area contributed by atoms with Gasteiger partial charge in [0.2, 0.25) is 0 Å². The summed E-state index contributed by atoms with van der Waals surface area (Å²) in [5.74, 6) is 0.866. The number of nitrogens with one attached hydrogen (secondary N) is 1. The van der Waals surface area contributed by atoms with Gasteiger partial charge in [-0.3, -0.25) is 0 Å². The van der Waals surface area contributed by atoms with Gasteiger partial charge in [-0.1, -0.05) is 13.0 Å². The highest BCUT2D eigenvalue weighted by Crippen LogP contribution is 2.19. The van der Waals surface area contributed by atoms with Crippen LogP contribution in [0, 0.1) is 0 Å². The lowest BCUT2D eigenvalue weighted by atomic mass is 10.2. The molecular weight excluding hydrogens is 202 g/mol. The summed E-state index contributed by atoms with van der Waals surface area (Å²) >= 11 is 0. The molecule has 0 saturated carbocycles. The van der Waals surface area contributed by atoms with E-state index in [9.17, 15) is 5.11 Å². The van der Waals surface area contributed by atoms with Crippen molar-refractivity contribution in [3.05, 3.63) is 24.3 Å². The number of rotatable bonds is 6. The molecule has 0 bridgehead atoms. The molecule has 0 saturated heterocycles. The van der Waals surface area contributed by atoms with E-state index in [1.807, 2.05) is 24.3 Å². The molecule has 0 amide bonds. The largest absolute Gasteiger partial charge is 0.491 e. The molecule has 1 aromatic carbocycles. The Kier molecular flexibility index (Phi) is 5.12. The van der Waals surface area contributed by atoms with E-state index in [0.29, 0.717) is 6.54 Å². The summed E-state index contributed by atoms with van der Waals surface area (Å²) in [6.07, 6.45) is 0.872. The van der Waals surface area contributed by atoms with Gasteiger partial charge in [-0.05, 0) is 32.4 Å². The van der Waals surface area contributed by atoms with Crippen molar-refractivity contribution < 1.29 is 9.84 Å². The third kappa shape index (κ3) is 4.53. The maximum Gasteiger partial charge on any atom is 0.121 e. The smallest absolute Gasteiger partial charge is 0.121 e. The van der Waals surface area contributed by atoms with E-state index in [-0.39, 0.29) is 12.2 Å². The molecular formula is C13H21NO2. The summed E-state index contributed by atoms with van der Waals surface area (Å²) in [7, 11) is 0. The normalized spacial score (nSPS) is 14.2. The first-order valence-electron chi connectivity index (χ1n) is 5.80. The fraction of sp³-hybridized carbons (Fsp3) is 0.538. The first-order valence-corrected chi connectivity index (χ1v) is 5.80. The molecule has 0 heterocycles. The van der Waals surface area contributed by atoms with Gasteiger partial charge in [0.15, 0.2) is 0 Å². The van der Waals surface area contributed by atoms with Crippen molar-refractivity contribution in [3.8, 4) is 5.75 Å². The maximum atomic E-state index is 9.17. The van der Waals surface area contributed by atoms with Crippen LogP contribution in [0.1, 0.15) is 27.2 Å². The molecule has 0 radical (unpaired) electrons. The molecule has 1 rings (SSSR count). The summed E-state index contributed by atoms with van der Waals surface area (Å²) in [5, 5.41) is 12.3. The Hall–Kier alpha value is -1.22. The number of anilines is 1. The predicted molar refractivity (Wildman–Crippen MR) is 67.0 cm³/mol. The summed E-state index contributed by atoms with van der Waals surface area (Å²) in [6, 6.07) is 7.81. The highest BCUT2D eigenvalue weighted by atomic mass is 16.5. The Labute approximate surface area is 97.4 Å². The van der Waals surface area contributed by atoms with Crippen LogP contribution in [0.3, 0.4) is 0 Å². The van der Waals surface area contributed by atoms with Crippen molar-refractivity contribution >= 4 is 5.69 Å². The van der Waals surface area contributed by atoms with Crippen LogP contribution in [0.25, 0.3) is 0 Å². The minimum absolute atomic E-state index is 0.229. The molecule has 3 nitrogen and oxygen atoms in total. The molecule has 0 aromatic heterocycles. The summed E-state index contributed by atoms with van der Waals surface area (Å²) < 4.78 is 5.71. The molecule has 0 aliphatic rings. The second-order valence-electron chi connectivity index (χ2n) is 4.09. The van der Waals surface area contributed by atoms with Crippen LogP contribution in [-0.2, 0) is 0 Å². The van der Waals surface area contributed by atoms with E-state index < -0.39 is 0 Å². The molecule has 2 unspecified atom stereocenters. The van der Waals surface area contributed by atoms with Gasteiger partial charge >= 0.3 is 0 Å². The van der Waals surface area contributed by atoms with Crippen LogP contribution in [-0.4, -0.2) is 23.9 Å². The number of aliphatic hydroxyl groups excluding tert-OH is 1. The predicted octanol–water partition coefficient (Wildman–Crippen LogP) is 2.66. The molecule has 3 heteroatoms. The first kappa shape index (κ1) is 12.8. The monoisotopic (exact) mass is 223 g/mol. The molecule has 90 valence electrons. The Bertz CT molecular complexity index is 313. The van der Waals surface area contributed by atoms with Crippen molar-refractivity contribution in [1.82, 2.24) is 0 Å². The molecule has 0 aliphatic heterocycles. The SMILES string of the molecule is CCC(C)Oc1cccc(NCC(C)O)c1. The lowest BCUT2D eigenvalue weighted by Gasteiger charge is -2.14. The van der Waals surface area contributed by atoms with Crippen LogP contribution in [0.5, 0.6) is 5.75 Å². The zero-order chi connectivity index (χ0) is 12.0. The highest BCUT2D eigenvalue weighted by molar-refractivity contribution is 5.48. The van der Waals surface area contributed by atoms with E-state index in [1.54, 1.807) is 6.92 Å². The van der Waals surface area contributed by atoms with E-state index in [0.717, 1.165) is 17.9 Å². The molecule has 2 N–H and O–H groups in total. The maximum absolute atomic E-state index is 9.17. The van der Waals surface area contributed by atoms with Crippen molar-refractivity contribution in [1.29, 1.82) is 0 Å². The first-order chi connectivity index (χ1) is 7.61. The Morgan fingerprint density at radius 1 is 1.38 bits per heavy atom. The van der Waals surface area contributed by atoms with Gasteiger partial charge in [0.1, 0.15) is 5.75 Å². The Balaban J connectivity index is 2.56. The van der Waals surface area contributed by atoms with Gasteiger partial charge in [-0.2, -0.15) is 0 Å². The number of hydrogen-bond donors (Lipinski definition) is 2. The number of benzene rings is 1. The third-order valence-electron chi connectivity index (χ3n) is 2.35. The zero-order valence-corrected chi connectivity index (χ0v) is 10.2. The van der Waals surface area contributed by atoms with E-state index in [4.69, 9.17) is 4.74 Å². The van der Waals surface area contributed by atoms with Gasteiger partial charge in [-0.25, -0.2) is 0 Å². The van der Waals surface area contributed by atoms with Crippen molar-refractivity contribution in [3.63, 3.8) is 0 Å². The van der Waals surface area contributed by atoms with Gasteiger partial charge in [0.25, 0.3) is 0 Å². The lowest BCUT2D eigenvalue weighted by molar-refractivity contribution is 0.208.